The lowest BCUT2D eigenvalue weighted by atomic mass is 9.86. The van der Waals surface area contributed by atoms with Crippen molar-refractivity contribution in [1.29, 1.82) is 0 Å². The molecule has 0 aliphatic heterocycles. The minimum absolute atomic E-state index is 0.751. The Bertz CT molecular complexity index is 1950. The Labute approximate surface area is 233 Å². The van der Waals surface area contributed by atoms with Gasteiger partial charge in [0.2, 0.25) is 0 Å². The quantitative estimate of drug-likeness (QED) is 0.218. The molecule has 0 nitrogen and oxygen atoms in total. The summed E-state index contributed by atoms with van der Waals surface area (Å²) >= 11 is 7.05. The van der Waals surface area contributed by atoms with Crippen molar-refractivity contribution in [3.8, 4) is 44.5 Å². The SMILES string of the molecule is Clc1cccc(-c2ccc(-c3ccccc3)c3ccccc23)c1-c1ccc(-c2ccccc2)c2ccccc12. The highest BCUT2D eigenvalue weighted by Crippen LogP contribution is 2.45. The number of benzene rings is 7. The van der Waals surface area contributed by atoms with Crippen LogP contribution in [0.5, 0.6) is 0 Å². The standard InChI is InChI=1S/C38H25Cl/c39-37-21-11-20-35(34-24-22-28(26-12-3-1-4-13-26)30-16-7-9-18-32(30)34)38(37)36-25-23-29(27-14-5-2-6-15-27)31-17-8-10-19-33(31)36/h1-25H. The van der Waals surface area contributed by atoms with E-state index in [9.17, 15) is 0 Å². The van der Waals surface area contributed by atoms with Crippen molar-refractivity contribution in [3.05, 3.63) is 157 Å². The van der Waals surface area contributed by atoms with Gasteiger partial charge in [-0.25, -0.2) is 0 Å². The molecule has 7 aromatic carbocycles. The highest BCUT2D eigenvalue weighted by molar-refractivity contribution is 6.35. The summed E-state index contributed by atoms with van der Waals surface area (Å²) in [5.74, 6) is 0. The molecule has 0 atom stereocenters. The molecule has 0 N–H and O–H groups in total. The van der Waals surface area contributed by atoms with E-state index in [-0.39, 0.29) is 0 Å². The molecular weight excluding hydrogens is 492 g/mol. The highest BCUT2D eigenvalue weighted by atomic mass is 35.5. The second-order valence-corrected chi connectivity index (χ2v) is 10.2. The summed E-state index contributed by atoms with van der Waals surface area (Å²) in [5, 5.41) is 5.61. The van der Waals surface area contributed by atoms with Gasteiger partial charge in [-0.05, 0) is 66.6 Å². The summed E-state index contributed by atoms with van der Waals surface area (Å²) in [5.41, 5.74) is 9.40. The lowest BCUT2D eigenvalue weighted by molar-refractivity contribution is 1.60. The fraction of sp³-hybridized carbons (Fsp3) is 0. The zero-order valence-corrected chi connectivity index (χ0v) is 22.1. The zero-order valence-electron chi connectivity index (χ0n) is 21.3. The van der Waals surface area contributed by atoms with E-state index in [2.05, 4.69) is 146 Å². The van der Waals surface area contributed by atoms with Crippen LogP contribution in [0.4, 0.5) is 0 Å². The summed E-state index contributed by atoms with van der Waals surface area (Å²) in [6, 6.07) is 53.7. The number of hydrogen-bond donors (Lipinski definition) is 0. The van der Waals surface area contributed by atoms with E-state index in [1.807, 2.05) is 6.07 Å². The summed E-state index contributed by atoms with van der Waals surface area (Å²) in [4.78, 5) is 0. The van der Waals surface area contributed by atoms with Crippen molar-refractivity contribution in [2.45, 2.75) is 0 Å². The van der Waals surface area contributed by atoms with Crippen LogP contribution >= 0.6 is 11.6 Å². The van der Waals surface area contributed by atoms with Gasteiger partial charge in [-0.2, -0.15) is 0 Å². The Morgan fingerprint density at radius 2 is 0.692 bits per heavy atom. The van der Waals surface area contributed by atoms with Gasteiger partial charge in [-0.3, -0.25) is 0 Å². The molecule has 0 aromatic heterocycles. The van der Waals surface area contributed by atoms with E-state index < -0.39 is 0 Å². The maximum atomic E-state index is 7.05. The molecule has 39 heavy (non-hydrogen) atoms. The van der Waals surface area contributed by atoms with Crippen molar-refractivity contribution in [1.82, 2.24) is 0 Å². The van der Waals surface area contributed by atoms with Crippen molar-refractivity contribution in [2.24, 2.45) is 0 Å². The molecule has 7 rings (SSSR count). The first-order valence-corrected chi connectivity index (χ1v) is 13.6. The van der Waals surface area contributed by atoms with Crippen molar-refractivity contribution < 1.29 is 0 Å². The molecular formula is C38H25Cl. The first-order chi connectivity index (χ1) is 19.3. The summed E-state index contributed by atoms with van der Waals surface area (Å²) < 4.78 is 0. The second-order valence-electron chi connectivity index (χ2n) is 9.81. The molecule has 0 amide bonds. The average molecular weight is 517 g/mol. The molecule has 0 bridgehead atoms. The molecule has 0 spiro atoms. The fourth-order valence-electron chi connectivity index (χ4n) is 5.81. The van der Waals surface area contributed by atoms with Crippen LogP contribution in [-0.2, 0) is 0 Å². The normalized spacial score (nSPS) is 11.2. The first-order valence-electron chi connectivity index (χ1n) is 13.2. The lowest BCUT2D eigenvalue weighted by Crippen LogP contribution is -1.92. The van der Waals surface area contributed by atoms with Crippen LogP contribution in [0.25, 0.3) is 66.1 Å². The third kappa shape index (κ3) is 4.11. The molecule has 0 saturated carbocycles. The van der Waals surface area contributed by atoms with Crippen LogP contribution in [0.15, 0.2) is 152 Å². The van der Waals surface area contributed by atoms with Crippen molar-refractivity contribution in [2.75, 3.05) is 0 Å². The van der Waals surface area contributed by atoms with E-state index in [1.54, 1.807) is 0 Å². The average Bonchev–Trinajstić information content (AvgIpc) is 3.01. The van der Waals surface area contributed by atoms with Gasteiger partial charge in [0.15, 0.2) is 0 Å². The third-order valence-corrected chi connectivity index (χ3v) is 7.91. The zero-order chi connectivity index (χ0) is 26.2. The van der Waals surface area contributed by atoms with Gasteiger partial charge >= 0.3 is 0 Å². The van der Waals surface area contributed by atoms with Gasteiger partial charge < -0.3 is 0 Å². The maximum Gasteiger partial charge on any atom is 0.0490 e. The van der Waals surface area contributed by atoms with Crippen LogP contribution in [0.2, 0.25) is 5.02 Å². The summed E-state index contributed by atoms with van der Waals surface area (Å²) in [6.07, 6.45) is 0. The monoisotopic (exact) mass is 516 g/mol. The molecule has 0 aliphatic carbocycles. The minimum Gasteiger partial charge on any atom is -0.0836 e. The number of halogens is 1. The predicted octanol–water partition coefficient (Wildman–Crippen LogP) is 11.3. The van der Waals surface area contributed by atoms with Crippen molar-refractivity contribution >= 4 is 33.1 Å². The van der Waals surface area contributed by atoms with Gasteiger partial charge in [-0.15, -0.1) is 0 Å². The van der Waals surface area contributed by atoms with E-state index in [0.717, 1.165) is 21.7 Å². The van der Waals surface area contributed by atoms with Gasteiger partial charge in [0.1, 0.15) is 0 Å². The Hall–Kier alpha value is -4.65. The Morgan fingerprint density at radius 1 is 0.282 bits per heavy atom. The van der Waals surface area contributed by atoms with Gasteiger partial charge in [0, 0.05) is 10.6 Å². The highest BCUT2D eigenvalue weighted by Gasteiger charge is 2.18. The molecule has 0 heterocycles. The molecule has 7 aromatic rings. The number of rotatable bonds is 4. The van der Waals surface area contributed by atoms with E-state index in [4.69, 9.17) is 11.6 Å². The van der Waals surface area contributed by atoms with Gasteiger partial charge in [-0.1, -0.05) is 157 Å². The largest absolute Gasteiger partial charge is 0.0836 e. The van der Waals surface area contributed by atoms with Gasteiger partial charge in [0.25, 0.3) is 0 Å². The number of hydrogen-bond acceptors (Lipinski definition) is 0. The van der Waals surface area contributed by atoms with E-state index in [1.165, 1.54) is 49.4 Å². The Kier molecular flexibility index (Phi) is 5.96. The van der Waals surface area contributed by atoms with Gasteiger partial charge in [0.05, 0.1) is 0 Å². The van der Waals surface area contributed by atoms with Crippen LogP contribution in [-0.4, -0.2) is 0 Å². The number of fused-ring (bicyclic) bond motifs is 2. The lowest BCUT2D eigenvalue weighted by Gasteiger charge is -2.18. The molecule has 1 heteroatoms. The molecule has 0 radical (unpaired) electrons. The molecule has 0 fully saturated rings. The van der Waals surface area contributed by atoms with Crippen LogP contribution in [0, 0.1) is 0 Å². The molecule has 0 aliphatic rings. The van der Waals surface area contributed by atoms with Crippen LogP contribution < -0.4 is 0 Å². The first kappa shape index (κ1) is 23.5. The summed E-state index contributed by atoms with van der Waals surface area (Å²) in [7, 11) is 0. The predicted molar refractivity (Wildman–Crippen MR) is 168 cm³/mol. The van der Waals surface area contributed by atoms with Crippen molar-refractivity contribution in [3.63, 3.8) is 0 Å². The molecule has 0 saturated heterocycles. The Morgan fingerprint density at radius 3 is 1.23 bits per heavy atom. The molecule has 184 valence electrons. The fourth-order valence-corrected chi connectivity index (χ4v) is 6.09. The molecule has 0 unspecified atom stereocenters. The van der Waals surface area contributed by atoms with E-state index >= 15 is 0 Å². The van der Waals surface area contributed by atoms with Crippen LogP contribution in [0.1, 0.15) is 0 Å². The third-order valence-electron chi connectivity index (χ3n) is 7.59. The minimum atomic E-state index is 0.751. The summed E-state index contributed by atoms with van der Waals surface area (Å²) in [6.45, 7) is 0. The smallest absolute Gasteiger partial charge is 0.0490 e. The maximum absolute atomic E-state index is 7.05. The second kappa shape index (κ2) is 9.91. The topological polar surface area (TPSA) is 0 Å². The van der Waals surface area contributed by atoms with E-state index in [0.29, 0.717) is 0 Å². The Balaban J connectivity index is 1.49. The van der Waals surface area contributed by atoms with Crippen LogP contribution in [0.3, 0.4) is 0 Å².